The Hall–Kier alpha value is -0.370. The van der Waals surface area contributed by atoms with Gasteiger partial charge in [-0.15, -0.1) is 0 Å². The summed E-state index contributed by atoms with van der Waals surface area (Å²) in [6.45, 7) is 11.3. The highest BCUT2D eigenvalue weighted by Crippen LogP contribution is 2.45. The van der Waals surface area contributed by atoms with Crippen molar-refractivity contribution in [2.24, 2.45) is 17.8 Å². The molecule has 0 aromatic carbocycles. The molecule has 0 aromatic heterocycles. The number of hydrogen-bond acceptors (Lipinski definition) is 1. The van der Waals surface area contributed by atoms with E-state index in [0.29, 0.717) is 5.92 Å². The highest BCUT2D eigenvalue weighted by molar-refractivity contribution is 5.57. The van der Waals surface area contributed by atoms with Gasteiger partial charge in [-0.3, -0.25) is 0 Å². The summed E-state index contributed by atoms with van der Waals surface area (Å²) in [6, 6.07) is 0. The summed E-state index contributed by atoms with van der Waals surface area (Å²) in [6.07, 6.45) is 13.1. The smallest absolute Gasteiger partial charge is 0.269 e. The molecule has 21 heavy (non-hydrogen) atoms. The Kier molecular flexibility index (Phi) is 6.28. The van der Waals surface area contributed by atoms with Crippen LogP contribution < -0.4 is 0 Å². The van der Waals surface area contributed by atoms with Crippen molar-refractivity contribution in [3.05, 3.63) is 0 Å². The number of unbranched alkanes of at least 4 members (excludes halogenated alkanes) is 2. The molecule has 1 saturated heterocycles. The normalized spacial score (nSPS) is 36.2. The van der Waals surface area contributed by atoms with E-state index in [9.17, 15) is 0 Å². The van der Waals surface area contributed by atoms with Gasteiger partial charge in [-0.25, -0.2) is 4.58 Å². The van der Waals surface area contributed by atoms with E-state index in [4.69, 9.17) is 4.74 Å². The molecule has 0 N–H and O–H groups in total. The second-order valence-corrected chi connectivity index (χ2v) is 7.11. The highest BCUT2D eigenvalue weighted by atomic mass is 16.5. The Morgan fingerprint density at radius 2 is 2.00 bits per heavy atom. The standard InChI is InChI=1S/C19H36NO/c1-5-8-9-12-18-16(4)17(6-2)15-20-14-11-10-13-19(18,20)21-7-3/h15-18H,5-14H2,1-4H3/q+1. The highest BCUT2D eigenvalue weighted by Gasteiger charge is 2.56. The largest absolute Gasteiger partial charge is 0.319 e. The topological polar surface area (TPSA) is 12.2 Å². The van der Waals surface area contributed by atoms with E-state index in [-0.39, 0.29) is 5.72 Å². The molecule has 0 amide bonds. The summed E-state index contributed by atoms with van der Waals surface area (Å²) >= 11 is 0. The lowest BCUT2D eigenvalue weighted by Gasteiger charge is -2.46. The Labute approximate surface area is 132 Å². The van der Waals surface area contributed by atoms with E-state index in [0.717, 1.165) is 18.4 Å². The van der Waals surface area contributed by atoms with Gasteiger partial charge < -0.3 is 4.74 Å². The maximum Gasteiger partial charge on any atom is 0.269 e. The number of piperidine rings is 1. The molecule has 2 heteroatoms. The third kappa shape index (κ3) is 3.36. The molecule has 2 aliphatic rings. The molecule has 0 aromatic rings. The molecule has 2 aliphatic heterocycles. The Bertz CT molecular complexity index is 347. The molecule has 2 nitrogen and oxygen atoms in total. The van der Waals surface area contributed by atoms with E-state index in [1.807, 2.05) is 0 Å². The lowest BCUT2D eigenvalue weighted by Crippen LogP contribution is -2.60. The third-order valence-electron chi connectivity index (χ3n) is 5.92. The van der Waals surface area contributed by atoms with Crippen molar-refractivity contribution in [2.45, 2.75) is 84.8 Å². The van der Waals surface area contributed by atoms with Crippen LogP contribution in [0.1, 0.15) is 79.1 Å². The number of fused-ring (bicyclic) bond motifs is 1. The van der Waals surface area contributed by atoms with Crippen LogP contribution in [0.4, 0.5) is 0 Å². The van der Waals surface area contributed by atoms with Gasteiger partial charge in [0.2, 0.25) is 0 Å². The van der Waals surface area contributed by atoms with Crippen LogP contribution in [0.2, 0.25) is 0 Å². The summed E-state index contributed by atoms with van der Waals surface area (Å²) in [5, 5.41) is 0. The summed E-state index contributed by atoms with van der Waals surface area (Å²) in [5.74, 6) is 2.20. The number of hydrogen-bond donors (Lipinski definition) is 0. The molecule has 0 bridgehead atoms. The van der Waals surface area contributed by atoms with Crippen LogP contribution in [0.15, 0.2) is 0 Å². The summed E-state index contributed by atoms with van der Waals surface area (Å²) in [5.41, 5.74) is 0.0197. The predicted molar refractivity (Wildman–Crippen MR) is 90.0 cm³/mol. The fourth-order valence-electron chi connectivity index (χ4n) is 4.76. The number of nitrogens with zero attached hydrogens (tertiary/aromatic N) is 1. The molecule has 0 radical (unpaired) electrons. The van der Waals surface area contributed by atoms with Crippen LogP contribution in [0.5, 0.6) is 0 Å². The Morgan fingerprint density at radius 3 is 2.67 bits per heavy atom. The van der Waals surface area contributed by atoms with Crippen molar-refractivity contribution in [1.29, 1.82) is 0 Å². The van der Waals surface area contributed by atoms with Gasteiger partial charge in [0.15, 0.2) is 0 Å². The zero-order chi connectivity index (χ0) is 15.3. The summed E-state index contributed by atoms with van der Waals surface area (Å²) in [7, 11) is 0. The van der Waals surface area contributed by atoms with Gasteiger partial charge >= 0.3 is 0 Å². The predicted octanol–water partition coefficient (Wildman–Crippen LogP) is 4.86. The molecular formula is C19H36NO+. The van der Waals surface area contributed by atoms with Crippen molar-refractivity contribution < 1.29 is 9.31 Å². The zero-order valence-corrected chi connectivity index (χ0v) is 14.7. The van der Waals surface area contributed by atoms with Crippen molar-refractivity contribution in [2.75, 3.05) is 13.2 Å². The van der Waals surface area contributed by atoms with Crippen molar-refractivity contribution in [3.8, 4) is 0 Å². The zero-order valence-electron chi connectivity index (χ0n) is 14.7. The van der Waals surface area contributed by atoms with Gasteiger partial charge in [-0.2, -0.15) is 0 Å². The Morgan fingerprint density at radius 1 is 1.19 bits per heavy atom. The molecular weight excluding hydrogens is 258 g/mol. The minimum atomic E-state index is 0.0197. The second-order valence-electron chi connectivity index (χ2n) is 7.11. The molecule has 122 valence electrons. The van der Waals surface area contributed by atoms with Crippen LogP contribution in [0, 0.1) is 17.8 Å². The van der Waals surface area contributed by atoms with Gasteiger partial charge in [0.05, 0.1) is 12.5 Å². The van der Waals surface area contributed by atoms with E-state index < -0.39 is 0 Å². The van der Waals surface area contributed by atoms with Crippen molar-refractivity contribution in [1.82, 2.24) is 0 Å². The molecule has 2 heterocycles. The maximum atomic E-state index is 6.48. The average Bonchev–Trinajstić information content (AvgIpc) is 2.50. The minimum Gasteiger partial charge on any atom is -0.319 e. The van der Waals surface area contributed by atoms with Crippen molar-refractivity contribution >= 4 is 6.21 Å². The van der Waals surface area contributed by atoms with Gasteiger partial charge in [0.25, 0.3) is 5.72 Å². The molecule has 1 fully saturated rings. The van der Waals surface area contributed by atoms with E-state index in [1.54, 1.807) is 0 Å². The molecule has 0 aliphatic carbocycles. The van der Waals surface area contributed by atoms with Gasteiger partial charge in [0, 0.05) is 18.8 Å². The first-order valence-corrected chi connectivity index (χ1v) is 9.45. The van der Waals surface area contributed by atoms with Gasteiger partial charge in [0.1, 0.15) is 12.8 Å². The minimum absolute atomic E-state index is 0.0197. The Balaban J connectivity index is 2.28. The van der Waals surface area contributed by atoms with Crippen LogP contribution in [-0.4, -0.2) is 29.7 Å². The maximum absolute atomic E-state index is 6.48. The van der Waals surface area contributed by atoms with E-state index in [2.05, 4.69) is 38.5 Å². The third-order valence-corrected chi connectivity index (χ3v) is 5.92. The first kappa shape index (κ1) is 17.0. The van der Waals surface area contributed by atoms with Gasteiger partial charge in [-0.1, -0.05) is 40.0 Å². The summed E-state index contributed by atoms with van der Waals surface area (Å²) in [4.78, 5) is 0. The monoisotopic (exact) mass is 294 g/mol. The number of ether oxygens (including phenoxy) is 1. The lowest BCUT2D eigenvalue weighted by molar-refractivity contribution is -0.689. The quantitative estimate of drug-likeness (QED) is 0.482. The molecule has 4 unspecified atom stereocenters. The second kappa shape index (κ2) is 7.76. The molecule has 2 rings (SSSR count). The average molecular weight is 295 g/mol. The first-order valence-electron chi connectivity index (χ1n) is 9.45. The van der Waals surface area contributed by atoms with E-state index >= 15 is 0 Å². The van der Waals surface area contributed by atoms with Crippen LogP contribution in [0.25, 0.3) is 0 Å². The molecule has 0 spiro atoms. The number of rotatable bonds is 7. The van der Waals surface area contributed by atoms with Crippen LogP contribution >= 0.6 is 0 Å². The van der Waals surface area contributed by atoms with E-state index in [1.165, 1.54) is 57.9 Å². The van der Waals surface area contributed by atoms with Crippen molar-refractivity contribution in [3.63, 3.8) is 0 Å². The molecule has 0 saturated carbocycles. The lowest BCUT2D eigenvalue weighted by atomic mass is 9.69. The van der Waals surface area contributed by atoms with Crippen LogP contribution in [-0.2, 0) is 4.74 Å². The van der Waals surface area contributed by atoms with Crippen LogP contribution in [0.3, 0.4) is 0 Å². The fourth-order valence-corrected chi connectivity index (χ4v) is 4.76. The summed E-state index contributed by atoms with van der Waals surface area (Å²) < 4.78 is 9.09. The fraction of sp³-hybridized carbons (Fsp3) is 0.947. The molecule has 4 atom stereocenters. The SMILES string of the molecule is CCCCCC1C(C)C(CC)C=[N+]2CCCCC12OCC. The van der Waals surface area contributed by atoms with Gasteiger partial charge in [-0.05, 0) is 32.1 Å². The first-order chi connectivity index (χ1) is 10.2.